The molecule has 7 heteroatoms. The molecule has 1 aromatic rings. The molecule has 0 saturated carbocycles. The highest BCUT2D eigenvalue weighted by Gasteiger charge is 2.38. The standard InChI is InChI=1S/C14H19ClN2O2S.ClH/c1-17(13-8-11-4-5-12(9-13)16-11)20(18,19)14-6-2-10(15)3-7-14;/h2-3,6-7,11-13,16H,4-5,8-9H2,1H3;1H. The van der Waals surface area contributed by atoms with E-state index in [1.54, 1.807) is 35.6 Å². The highest BCUT2D eigenvalue weighted by Crippen LogP contribution is 2.31. The molecule has 118 valence electrons. The van der Waals surface area contributed by atoms with Crippen LogP contribution in [0.2, 0.25) is 5.02 Å². The van der Waals surface area contributed by atoms with Crippen LogP contribution in [0, 0.1) is 0 Å². The zero-order valence-corrected chi connectivity index (χ0v) is 14.2. The second-order valence-electron chi connectivity index (χ2n) is 5.74. The van der Waals surface area contributed by atoms with Gasteiger partial charge in [-0.2, -0.15) is 4.31 Å². The van der Waals surface area contributed by atoms with Crippen molar-refractivity contribution >= 4 is 34.0 Å². The van der Waals surface area contributed by atoms with Crippen molar-refractivity contribution in [3.63, 3.8) is 0 Å². The fourth-order valence-electron chi connectivity index (χ4n) is 3.29. The molecule has 0 aliphatic carbocycles. The van der Waals surface area contributed by atoms with E-state index in [2.05, 4.69) is 5.32 Å². The number of fused-ring (bicyclic) bond motifs is 2. The number of nitrogens with zero attached hydrogens (tertiary/aromatic N) is 1. The number of halogens is 2. The minimum absolute atomic E-state index is 0. The minimum atomic E-state index is -3.43. The normalized spacial score (nSPS) is 28.4. The summed E-state index contributed by atoms with van der Waals surface area (Å²) in [5, 5.41) is 4.08. The number of benzene rings is 1. The average molecular weight is 351 g/mol. The van der Waals surface area contributed by atoms with Crippen molar-refractivity contribution in [1.29, 1.82) is 0 Å². The van der Waals surface area contributed by atoms with Gasteiger partial charge in [0, 0.05) is 30.2 Å². The van der Waals surface area contributed by atoms with Gasteiger partial charge in [-0.1, -0.05) is 11.6 Å². The number of piperidine rings is 1. The monoisotopic (exact) mass is 350 g/mol. The molecular formula is C14H20Cl2N2O2S. The van der Waals surface area contributed by atoms with Crippen LogP contribution in [-0.2, 0) is 10.0 Å². The third kappa shape index (κ3) is 3.37. The first-order valence-electron chi connectivity index (χ1n) is 6.96. The van der Waals surface area contributed by atoms with E-state index in [-0.39, 0.29) is 18.4 Å². The van der Waals surface area contributed by atoms with Crippen molar-refractivity contribution < 1.29 is 8.42 Å². The van der Waals surface area contributed by atoms with E-state index in [4.69, 9.17) is 11.6 Å². The van der Waals surface area contributed by atoms with E-state index < -0.39 is 10.0 Å². The molecule has 1 N–H and O–H groups in total. The van der Waals surface area contributed by atoms with Crippen LogP contribution in [0.25, 0.3) is 0 Å². The minimum Gasteiger partial charge on any atom is -0.311 e. The first-order chi connectivity index (χ1) is 9.46. The van der Waals surface area contributed by atoms with Crippen LogP contribution in [0.4, 0.5) is 0 Å². The molecule has 2 aliphatic rings. The van der Waals surface area contributed by atoms with E-state index >= 15 is 0 Å². The fourth-order valence-corrected chi connectivity index (χ4v) is 4.80. The Morgan fingerprint density at radius 2 is 1.67 bits per heavy atom. The van der Waals surface area contributed by atoms with Gasteiger partial charge in [-0.05, 0) is 49.9 Å². The van der Waals surface area contributed by atoms with Crippen molar-refractivity contribution in [1.82, 2.24) is 9.62 Å². The van der Waals surface area contributed by atoms with Crippen molar-refractivity contribution in [3.8, 4) is 0 Å². The van der Waals surface area contributed by atoms with Crippen LogP contribution in [0.15, 0.2) is 29.2 Å². The van der Waals surface area contributed by atoms with Gasteiger partial charge in [-0.15, -0.1) is 12.4 Å². The SMILES string of the molecule is CN(C1CC2CCC(C1)N2)S(=O)(=O)c1ccc(Cl)cc1.Cl. The second kappa shape index (κ2) is 6.42. The van der Waals surface area contributed by atoms with E-state index in [1.165, 1.54) is 0 Å². The van der Waals surface area contributed by atoms with Gasteiger partial charge in [-0.25, -0.2) is 8.42 Å². The summed E-state index contributed by atoms with van der Waals surface area (Å²) in [5.41, 5.74) is 0. The fraction of sp³-hybridized carbons (Fsp3) is 0.571. The van der Waals surface area contributed by atoms with Gasteiger partial charge >= 0.3 is 0 Å². The van der Waals surface area contributed by atoms with Crippen molar-refractivity contribution in [3.05, 3.63) is 29.3 Å². The maximum absolute atomic E-state index is 12.6. The Morgan fingerprint density at radius 3 is 2.19 bits per heavy atom. The van der Waals surface area contributed by atoms with Crippen LogP contribution in [0.5, 0.6) is 0 Å². The highest BCUT2D eigenvalue weighted by molar-refractivity contribution is 7.89. The molecule has 2 bridgehead atoms. The van der Waals surface area contributed by atoms with Gasteiger partial charge in [0.15, 0.2) is 0 Å². The number of rotatable bonds is 3. The number of hydrogen-bond donors (Lipinski definition) is 1. The average Bonchev–Trinajstić information content (AvgIpc) is 2.77. The predicted molar refractivity (Wildman–Crippen MR) is 86.6 cm³/mol. The summed E-state index contributed by atoms with van der Waals surface area (Å²) in [6, 6.07) is 7.42. The van der Waals surface area contributed by atoms with Crippen LogP contribution < -0.4 is 5.32 Å². The Kier molecular flexibility index (Phi) is 5.21. The van der Waals surface area contributed by atoms with Gasteiger partial charge in [0.1, 0.15) is 0 Å². The lowest BCUT2D eigenvalue weighted by molar-refractivity contribution is 0.251. The zero-order valence-electron chi connectivity index (χ0n) is 11.8. The zero-order chi connectivity index (χ0) is 14.3. The lowest BCUT2D eigenvalue weighted by atomic mass is 10.0. The van der Waals surface area contributed by atoms with E-state index in [0.717, 1.165) is 25.7 Å². The van der Waals surface area contributed by atoms with E-state index in [1.807, 2.05) is 0 Å². The molecular weight excluding hydrogens is 331 g/mol. The molecule has 0 spiro atoms. The molecule has 2 fully saturated rings. The number of nitrogens with one attached hydrogen (secondary N) is 1. The number of sulfonamides is 1. The summed E-state index contributed by atoms with van der Waals surface area (Å²) < 4.78 is 26.8. The molecule has 2 atom stereocenters. The van der Waals surface area contributed by atoms with Crippen molar-refractivity contribution in [2.75, 3.05) is 7.05 Å². The topological polar surface area (TPSA) is 49.4 Å². The summed E-state index contributed by atoms with van der Waals surface area (Å²) in [6.07, 6.45) is 4.13. The van der Waals surface area contributed by atoms with Gasteiger partial charge in [0.2, 0.25) is 10.0 Å². The molecule has 0 radical (unpaired) electrons. The third-order valence-corrected chi connectivity index (χ3v) is 6.63. The second-order valence-corrected chi connectivity index (χ2v) is 8.17. The maximum atomic E-state index is 12.6. The summed E-state index contributed by atoms with van der Waals surface area (Å²) in [5.74, 6) is 0. The molecule has 2 saturated heterocycles. The molecule has 2 aliphatic heterocycles. The highest BCUT2D eigenvalue weighted by atomic mass is 35.5. The Labute approximate surface area is 137 Å². The van der Waals surface area contributed by atoms with Gasteiger partial charge in [0.25, 0.3) is 0 Å². The van der Waals surface area contributed by atoms with Gasteiger partial charge in [-0.3, -0.25) is 0 Å². The Bertz CT molecular complexity index is 579. The Hall–Kier alpha value is -0.330. The van der Waals surface area contributed by atoms with Crippen LogP contribution in [0.3, 0.4) is 0 Å². The third-order valence-electron chi connectivity index (χ3n) is 4.45. The molecule has 4 nitrogen and oxygen atoms in total. The quantitative estimate of drug-likeness (QED) is 0.911. The van der Waals surface area contributed by atoms with Crippen molar-refractivity contribution in [2.45, 2.75) is 48.7 Å². The van der Waals surface area contributed by atoms with Crippen LogP contribution >= 0.6 is 24.0 Å². The molecule has 1 aromatic carbocycles. The van der Waals surface area contributed by atoms with Crippen molar-refractivity contribution in [2.24, 2.45) is 0 Å². The summed E-state index contributed by atoms with van der Waals surface area (Å²) in [6.45, 7) is 0. The van der Waals surface area contributed by atoms with Crippen LogP contribution in [0.1, 0.15) is 25.7 Å². The lowest BCUT2D eigenvalue weighted by Crippen LogP contribution is -2.48. The first kappa shape index (κ1) is 17.0. The first-order valence-corrected chi connectivity index (χ1v) is 8.78. The number of hydrogen-bond acceptors (Lipinski definition) is 3. The molecule has 0 aromatic heterocycles. The Balaban J connectivity index is 0.00000161. The maximum Gasteiger partial charge on any atom is 0.243 e. The largest absolute Gasteiger partial charge is 0.311 e. The molecule has 21 heavy (non-hydrogen) atoms. The molecule has 3 rings (SSSR count). The lowest BCUT2D eigenvalue weighted by Gasteiger charge is -2.34. The molecule has 2 heterocycles. The van der Waals surface area contributed by atoms with E-state index in [9.17, 15) is 8.42 Å². The summed E-state index contributed by atoms with van der Waals surface area (Å²) in [7, 11) is -1.73. The smallest absolute Gasteiger partial charge is 0.243 e. The Morgan fingerprint density at radius 1 is 1.14 bits per heavy atom. The molecule has 0 amide bonds. The summed E-state index contributed by atoms with van der Waals surface area (Å²) >= 11 is 5.82. The van der Waals surface area contributed by atoms with E-state index in [0.29, 0.717) is 22.0 Å². The van der Waals surface area contributed by atoms with Gasteiger partial charge < -0.3 is 5.32 Å². The van der Waals surface area contributed by atoms with Crippen LogP contribution in [-0.4, -0.2) is 37.9 Å². The predicted octanol–water partition coefficient (Wildman–Crippen LogP) is 2.67. The summed E-state index contributed by atoms with van der Waals surface area (Å²) in [4.78, 5) is 0.315. The molecule has 2 unspecified atom stereocenters. The van der Waals surface area contributed by atoms with Gasteiger partial charge in [0.05, 0.1) is 4.90 Å².